The number of aryl methyl sites for hydroxylation is 1. The number of nitrogens with zero attached hydrogens (tertiary/aromatic N) is 1. The van der Waals surface area contributed by atoms with Crippen molar-refractivity contribution in [3.05, 3.63) is 17.7 Å². The number of benzene rings is 1. The predicted octanol–water partition coefficient (Wildman–Crippen LogP) is 3.85. The molecule has 4 nitrogen and oxygen atoms in total. The van der Waals surface area contributed by atoms with Gasteiger partial charge in [-0.05, 0) is 38.3 Å². The van der Waals surface area contributed by atoms with Crippen molar-refractivity contribution in [3.8, 4) is 11.5 Å². The van der Waals surface area contributed by atoms with Gasteiger partial charge in [0.1, 0.15) is 5.78 Å². The summed E-state index contributed by atoms with van der Waals surface area (Å²) < 4.78 is 11.0. The average Bonchev–Trinajstić information content (AvgIpc) is 2.56. The normalized spacial score (nSPS) is 10.4. The van der Waals surface area contributed by atoms with Gasteiger partial charge in [-0.2, -0.15) is 0 Å². The molecule has 0 atom stereocenters. The molecule has 0 aromatic heterocycles. The van der Waals surface area contributed by atoms with E-state index in [2.05, 4.69) is 24.8 Å². The van der Waals surface area contributed by atoms with Crippen LogP contribution in [0, 0.1) is 0 Å². The molecule has 1 aromatic carbocycles. The Bertz CT molecular complexity index is 481. The van der Waals surface area contributed by atoms with E-state index in [1.807, 2.05) is 13.0 Å². The van der Waals surface area contributed by atoms with Gasteiger partial charge in [-0.1, -0.05) is 13.0 Å². The lowest BCUT2D eigenvalue weighted by Gasteiger charge is -2.27. The Kier molecular flexibility index (Phi) is 7.78. The van der Waals surface area contributed by atoms with Gasteiger partial charge in [0.15, 0.2) is 11.5 Å². The topological polar surface area (TPSA) is 38.8 Å². The van der Waals surface area contributed by atoms with Crippen LogP contribution >= 0.6 is 0 Å². The highest BCUT2D eigenvalue weighted by Gasteiger charge is 2.19. The molecule has 1 rings (SSSR count). The first kappa shape index (κ1) is 18.3. The minimum Gasteiger partial charge on any atom is -0.493 e. The second-order valence-corrected chi connectivity index (χ2v) is 5.23. The lowest BCUT2D eigenvalue weighted by Crippen LogP contribution is -2.24. The van der Waals surface area contributed by atoms with Gasteiger partial charge in [0.05, 0.1) is 19.9 Å². The monoisotopic (exact) mass is 307 g/mol. The third kappa shape index (κ3) is 4.39. The summed E-state index contributed by atoms with van der Waals surface area (Å²) in [6.07, 6.45) is 3.01. The fraction of sp³-hybridized carbons (Fsp3) is 0.611. The molecule has 0 fully saturated rings. The van der Waals surface area contributed by atoms with Crippen molar-refractivity contribution in [2.45, 2.75) is 46.5 Å². The zero-order valence-electron chi connectivity index (χ0n) is 14.6. The molecule has 0 heterocycles. The predicted molar refractivity (Wildman–Crippen MR) is 91.3 cm³/mol. The summed E-state index contributed by atoms with van der Waals surface area (Å²) in [6, 6.07) is 4.04. The minimum atomic E-state index is 0.324. The highest BCUT2D eigenvalue weighted by atomic mass is 16.5. The minimum absolute atomic E-state index is 0.324. The van der Waals surface area contributed by atoms with E-state index in [9.17, 15) is 4.79 Å². The van der Waals surface area contributed by atoms with E-state index in [0.29, 0.717) is 18.6 Å². The van der Waals surface area contributed by atoms with Gasteiger partial charge >= 0.3 is 0 Å². The van der Waals surface area contributed by atoms with E-state index in [1.54, 1.807) is 14.2 Å². The zero-order valence-corrected chi connectivity index (χ0v) is 14.6. The summed E-state index contributed by atoms with van der Waals surface area (Å²) in [5, 5.41) is 0. The standard InChI is InChI=1S/C18H29NO3/c1-6-15(20)11-9-10-14-12-13-16(21-4)18(22-5)17(14)19(7-2)8-3/h12-13H,6-11H2,1-5H3. The number of rotatable bonds is 10. The molecule has 0 saturated heterocycles. The molecule has 0 saturated carbocycles. The third-order valence-electron chi connectivity index (χ3n) is 3.98. The summed E-state index contributed by atoms with van der Waals surface area (Å²) >= 11 is 0. The van der Waals surface area contributed by atoms with Crippen LogP contribution < -0.4 is 14.4 Å². The maximum atomic E-state index is 11.5. The second-order valence-electron chi connectivity index (χ2n) is 5.23. The first-order chi connectivity index (χ1) is 10.6. The molecule has 22 heavy (non-hydrogen) atoms. The molecule has 0 aliphatic rings. The number of ketones is 1. The number of Topliss-reactive ketones (excluding diaryl/α,β-unsaturated/α-hetero) is 1. The van der Waals surface area contributed by atoms with Crippen LogP contribution in [0.1, 0.15) is 45.6 Å². The Morgan fingerprint density at radius 2 is 1.77 bits per heavy atom. The smallest absolute Gasteiger partial charge is 0.184 e. The highest BCUT2D eigenvalue weighted by Crippen LogP contribution is 2.40. The van der Waals surface area contributed by atoms with Gasteiger partial charge in [-0.3, -0.25) is 4.79 Å². The second kappa shape index (κ2) is 9.34. The van der Waals surface area contributed by atoms with Crippen LogP contribution in [0.4, 0.5) is 5.69 Å². The van der Waals surface area contributed by atoms with Crippen molar-refractivity contribution in [1.29, 1.82) is 0 Å². The maximum absolute atomic E-state index is 11.5. The molecule has 0 radical (unpaired) electrons. The van der Waals surface area contributed by atoms with E-state index in [0.717, 1.165) is 43.1 Å². The van der Waals surface area contributed by atoms with Crippen molar-refractivity contribution in [2.24, 2.45) is 0 Å². The van der Waals surface area contributed by atoms with Gasteiger partial charge in [-0.25, -0.2) is 0 Å². The fourth-order valence-corrected chi connectivity index (χ4v) is 2.69. The van der Waals surface area contributed by atoms with Crippen LogP contribution in [-0.2, 0) is 11.2 Å². The molecule has 4 heteroatoms. The van der Waals surface area contributed by atoms with Gasteiger partial charge in [0.25, 0.3) is 0 Å². The molecule has 0 N–H and O–H groups in total. The lowest BCUT2D eigenvalue weighted by atomic mass is 10.0. The van der Waals surface area contributed by atoms with E-state index in [-0.39, 0.29) is 0 Å². The van der Waals surface area contributed by atoms with E-state index in [1.165, 1.54) is 5.56 Å². The Morgan fingerprint density at radius 1 is 1.09 bits per heavy atom. The van der Waals surface area contributed by atoms with Crippen LogP contribution in [0.25, 0.3) is 0 Å². The average molecular weight is 307 g/mol. The lowest BCUT2D eigenvalue weighted by molar-refractivity contribution is -0.118. The van der Waals surface area contributed by atoms with Crippen LogP contribution in [0.3, 0.4) is 0 Å². The first-order valence-electron chi connectivity index (χ1n) is 8.13. The van der Waals surface area contributed by atoms with Crippen molar-refractivity contribution in [2.75, 3.05) is 32.2 Å². The summed E-state index contributed by atoms with van der Waals surface area (Å²) in [6.45, 7) is 7.99. The molecular weight excluding hydrogens is 278 g/mol. The Labute approximate surface area is 134 Å². The molecule has 0 amide bonds. The van der Waals surface area contributed by atoms with Gasteiger partial charge in [0.2, 0.25) is 0 Å². The van der Waals surface area contributed by atoms with Crippen molar-refractivity contribution in [3.63, 3.8) is 0 Å². The molecular formula is C18H29NO3. The van der Waals surface area contributed by atoms with Crippen molar-refractivity contribution in [1.82, 2.24) is 0 Å². The number of methoxy groups -OCH3 is 2. The highest BCUT2D eigenvalue weighted by molar-refractivity contribution is 5.78. The van der Waals surface area contributed by atoms with E-state index < -0.39 is 0 Å². The quantitative estimate of drug-likeness (QED) is 0.658. The molecule has 0 unspecified atom stereocenters. The number of ether oxygens (including phenoxy) is 2. The number of hydrogen-bond donors (Lipinski definition) is 0. The van der Waals surface area contributed by atoms with Crippen LogP contribution in [0.5, 0.6) is 11.5 Å². The van der Waals surface area contributed by atoms with Gasteiger partial charge < -0.3 is 14.4 Å². The van der Waals surface area contributed by atoms with Crippen LogP contribution in [-0.4, -0.2) is 33.1 Å². The summed E-state index contributed by atoms with van der Waals surface area (Å²) in [5.74, 6) is 1.85. The molecule has 1 aromatic rings. The Hall–Kier alpha value is -1.71. The largest absolute Gasteiger partial charge is 0.493 e. The maximum Gasteiger partial charge on any atom is 0.184 e. The summed E-state index contributed by atoms with van der Waals surface area (Å²) in [7, 11) is 3.33. The Balaban J connectivity index is 3.11. The number of carbonyl (C=O) groups excluding carboxylic acids is 1. The molecule has 0 bridgehead atoms. The number of hydrogen-bond acceptors (Lipinski definition) is 4. The molecule has 0 aliphatic heterocycles. The van der Waals surface area contributed by atoms with Gasteiger partial charge in [-0.15, -0.1) is 0 Å². The number of carbonyl (C=O) groups is 1. The molecule has 0 aliphatic carbocycles. The summed E-state index contributed by atoms with van der Waals surface area (Å²) in [4.78, 5) is 13.8. The zero-order chi connectivity index (χ0) is 16.5. The molecule has 124 valence electrons. The number of anilines is 1. The first-order valence-corrected chi connectivity index (χ1v) is 8.13. The van der Waals surface area contributed by atoms with Crippen molar-refractivity contribution >= 4 is 11.5 Å². The molecule has 0 spiro atoms. The van der Waals surface area contributed by atoms with E-state index >= 15 is 0 Å². The summed E-state index contributed by atoms with van der Waals surface area (Å²) in [5.41, 5.74) is 2.31. The fourth-order valence-electron chi connectivity index (χ4n) is 2.69. The van der Waals surface area contributed by atoms with Crippen molar-refractivity contribution < 1.29 is 14.3 Å². The van der Waals surface area contributed by atoms with Crippen LogP contribution in [0.15, 0.2) is 12.1 Å². The van der Waals surface area contributed by atoms with Crippen LogP contribution in [0.2, 0.25) is 0 Å². The SMILES string of the molecule is CCC(=O)CCCc1ccc(OC)c(OC)c1N(CC)CC. The van der Waals surface area contributed by atoms with E-state index in [4.69, 9.17) is 9.47 Å². The third-order valence-corrected chi connectivity index (χ3v) is 3.98. The Morgan fingerprint density at radius 3 is 2.27 bits per heavy atom. The van der Waals surface area contributed by atoms with Gasteiger partial charge in [0, 0.05) is 25.9 Å².